The van der Waals surface area contributed by atoms with E-state index in [0.29, 0.717) is 10.2 Å². The van der Waals surface area contributed by atoms with Gasteiger partial charge in [-0.15, -0.1) is 0 Å². The van der Waals surface area contributed by atoms with E-state index in [1.54, 1.807) is 20.3 Å². The number of nitrogens with two attached hydrogens (primary N) is 2. The maximum atomic E-state index is 11.5. The van der Waals surface area contributed by atoms with Gasteiger partial charge < -0.3 is 15.3 Å². The van der Waals surface area contributed by atoms with Crippen molar-refractivity contribution >= 4 is 27.3 Å². The molecule has 1 aromatic heterocycles. The highest BCUT2D eigenvalue weighted by atomic mass is 79.9. The topological polar surface area (TPSA) is 77.3 Å². The third kappa shape index (κ3) is 1.68. The lowest BCUT2D eigenvalue weighted by atomic mass is 10.3. The highest BCUT2D eigenvalue weighted by molar-refractivity contribution is 9.10. The number of hydrazine groups is 1. The van der Waals surface area contributed by atoms with Crippen LogP contribution in [0.3, 0.4) is 0 Å². The molecule has 1 heterocycles. The van der Waals surface area contributed by atoms with E-state index in [-0.39, 0.29) is 11.2 Å². The molecule has 0 saturated carbocycles. The van der Waals surface area contributed by atoms with Gasteiger partial charge in [0.2, 0.25) is 0 Å². The Morgan fingerprint density at radius 2 is 2.15 bits per heavy atom. The number of pyridine rings is 1. The van der Waals surface area contributed by atoms with Gasteiger partial charge in [-0.05, 0) is 15.9 Å². The van der Waals surface area contributed by atoms with E-state index in [1.165, 1.54) is 9.58 Å². The van der Waals surface area contributed by atoms with E-state index in [9.17, 15) is 4.79 Å². The average Bonchev–Trinajstić information content (AvgIpc) is 2.01. The molecule has 72 valence electrons. The fraction of sp³-hybridized carbons (Fsp3) is 0.286. The number of hydrogen-bond donors (Lipinski definition) is 2. The van der Waals surface area contributed by atoms with Gasteiger partial charge in [0.25, 0.3) is 5.56 Å². The lowest BCUT2D eigenvalue weighted by Gasteiger charge is -2.15. The number of aryl methyl sites for hydroxylation is 1. The zero-order valence-corrected chi connectivity index (χ0v) is 9.00. The van der Waals surface area contributed by atoms with Crippen LogP contribution in [-0.4, -0.2) is 11.6 Å². The Kier molecular flexibility index (Phi) is 2.63. The number of nitrogens with zero attached hydrogens (tertiary/aromatic N) is 2. The number of rotatable bonds is 1. The van der Waals surface area contributed by atoms with Crippen molar-refractivity contribution in [2.24, 2.45) is 12.9 Å². The summed E-state index contributed by atoms with van der Waals surface area (Å²) in [6.45, 7) is 0. The third-order valence-corrected chi connectivity index (χ3v) is 2.33. The molecule has 0 aliphatic rings. The minimum Gasteiger partial charge on any atom is -0.396 e. The molecule has 0 aromatic carbocycles. The van der Waals surface area contributed by atoms with Gasteiger partial charge in [0.05, 0.1) is 10.2 Å². The molecule has 5 nitrogen and oxygen atoms in total. The van der Waals surface area contributed by atoms with Crippen LogP contribution in [0.25, 0.3) is 0 Å². The first-order valence-corrected chi connectivity index (χ1v) is 4.37. The summed E-state index contributed by atoms with van der Waals surface area (Å²) in [5.74, 6) is 5.47. The van der Waals surface area contributed by atoms with Crippen LogP contribution in [0.4, 0.5) is 11.4 Å². The van der Waals surface area contributed by atoms with Crippen molar-refractivity contribution in [3.63, 3.8) is 0 Å². The highest BCUT2D eigenvalue weighted by Gasteiger charge is 2.12. The fourth-order valence-electron chi connectivity index (χ4n) is 1.03. The van der Waals surface area contributed by atoms with E-state index in [4.69, 9.17) is 11.6 Å². The predicted molar refractivity (Wildman–Crippen MR) is 56.4 cm³/mol. The summed E-state index contributed by atoms with van der Waals surface area (Å²) in [5, 5.41) is 1.21. The Bertz CT molecular complexity index is 385. The molecule has 0 atom stereocenters. The Morgan fingerprint density at radius 3 is 2.62 bits per heavy atom. The second-order valence-electron chi connectivity index (χ2n) is 2.77. The van der Waals surface area contributed by atoms with Crippen LogP contribution in [0.1, 0.15) is 0 Å². The maximum Gasteiger partial charge on any atom is 0.277 e. The summed E-state index contributed by atoms with van der Waals surface area (Å²) in [4.78, 5) is 11.5. The molecular weight excluding hydrogens is 236 g/mol. The van der Waals surface area contributed by atoms with Crippen molar-refractivity contribution in [1.82, 2.24) is 4.57 Å². The van der Waals surface area contributed by atoms with Crippen molar-refractivity contribution in [1.29, 1.82) is 0 Å². The molecule has 4 N–H and O–H groups in total. The summed E-state index contributed by atoms with van der Waals surface area (Å²) in [6.07, 6.45) is 1.60. The van der Waals surface area contributed by atoms with Gasteiger partial charge in [0.15, 0.2) is 0 Å². The third-order valence-electron chi connectivity index (χ3n) is 1.70. The van der Waals surface area contributed by atoms with Crippen LogP contribution in [0.2, 0.25) is 0 Å². The maximum absolute atomic E-state index is 11.5. The van der Waals surface area contributed by atoms with Gasteiger partial charge >= 0.3 is 0 Å². The highest BCUT2D eigenvalue weighted by Crippen LogP contribution is 2.24. The molecular formula is C7H11BrN4O. The first-order chi connectivity index (χ1) is 5.95. The molecule has 1 rings (SSSR count). The lowest BCUT2D eigenvalue weighted by molar-refractivity contribution is 0.840. The zero-order valence-electron chi connectivity index (χ0n) is 7.41. The van der Waals surface area contributed by atoms with Gasteiger partial charge in [0.1, 0.15) is 5.69 Å². The van der Waals surface area contributed by atoms with Crippen molar-refractivity contribution in [3.8, 4) is 0 Å². The molecule has 6 heteroatoms. The van der Waals surface area contributed by atoms with Gasteiger partial charge in [-0.3, -0.25) is 4.79 Å². The van der Waals surface area contributed by atoms with Gasteiger partial charge in [-0.1, -0.05) is 0 Å². The number of nitrogen functional groups attached to an aromatic ring is 1. The van der Waals surface area contributed by atoms with Crippen molar-refractivity contribution in [2.45, 2.75) is 0 Å². The minimum absolute atomic E-state index is 0.217. The van der Waals surface area contributed by atoms with E-state index in [1.807, 2.05) is 0 Å². The molecule has 1 aromatic rings. The Balaban J connectivity index is 3.56. The average molecular weight is 247 g/mol. The van der Waals surface area contributed by atoms with Crippen LogP contribution < -0.4 is 22.1 Å². The summed E-state index contributed by atoms with van der Waals surface area (Å²) < 4.78 is 2.07. The first kappa shape index (κ1) is 10.1. The zero-order chi connectivity index (χ0) is 10.2. The van der Waals surface area contributed by atoms with E-state index >= 15 is 0 Å². The second-order valence-corrected chi connectivity index (χ2v) is 3.62. The van der Waals surface area contributed by atoms with Crippen LogP contribution >= 0.6 is 15.9 Å². The number of anilines is 2. The molecule has 0 amide bonds. The quantitative estimate of drug-likeness (QED) is 0.542. The van der Waals surface area contributed by atoms with E-state index < -0.39 is 0 Å². The number of hydrogen-bond acceptors (Lipinski definition) is 4. The largest absolute Gasteiger partial charge is 0.396 e. The lowest BCUT2D eigenvalue weighted by Crippen LogP contribution is -2.34. The van der Waals surface area contributed by atoms with Gasteiger partial charge in [0, 0.05) is 20.3 Å². The summed E-state index contributed by atoms with van der Waals surface area (Å²) >= 11 is 3.23. The van der Waals surface area contributed by atoms with Crippen LogP contribution in [0, 0.1) is 0 Å². The minimum atomic E-state index is -0.217. The van der Waals surface area contributed by atoms with E-state index in [2.05, 4.69) is 15.9 Å². The van der Waals surface area contributed by atoms with Crippen molar-refractivity contribution in [3.05, 3.63) is 21.0 Å². The molecule has 0 radical (unpaired) electrons. The van der Waals surface area contributed by atoms with Crippen LogP contribution in [-0.2, 0) is 7.05 Å². The monoisotopic (exact) mass is 246 g/mol. The Hall–Kier alpha value is -1.01. The molecule has 0 spiro atoms. The molecule has 13 heavy (non-hydrogen) atoms. The van der Waals surface area contributed by atoms with Crippen LogP contribution in [0.5, 0.6) is 0 Å². The van der Waals surface area contributed by atoms with Crippen molar-refractivity contribution in [2.75, 3.05) is 17.8 Å². The molecule has 0 aliphatic carbocycles. The molecule has 0 aliphatic heterocycles. The fourth-order valence-corrected chi connectivity index (χ4v) is 1.53. The summed E-state index contributed by atoms with van der Waals surface area (Å²) in [6, 6.07) is 0. The SMILES string of the molecule is CN(N)c1c(N)c(Br)cn(C)c1=O. The standard InChI is InChI=1S/C7H11BrN4O/c1-11-3-4(8)5(9)6(7(11)13)12(2)10/h3H,9-10H2,1-2H3. The molecule has 0 unspecified atom stereocenters. The number of aromatic nitrogens is 1. The Morgan fingerprint density at radius 1 is 1.62 bits per heavy atom. The summed E-state index contributed by atoms with van der Waals surface area (Å²) in [7, 11) is 3.21. The van der Waals surface area contributed by atoms with Gasteiger partial charge in [-0.2, -0.15) is 0 Å². The normalized spacial score (nSPS) is 10.2. The van der Waals surface area contributed by atoms with Crippen molar-refractivity contribution < 1.29 is 0 Å². The second kappa shape index (κ2) is 3.39. The number of halogens is 1. The smallest absolute Gasteiger partial charge is 0.277 e. The van der Waals surface area contributed by atoms with Crippen LogP contribution in [0.15, 0.2) is 15.5 Å². The van der Waals surface area contributed by atoms with E-state index in [0.717, 1.165) is 0 Å². The Labute approximate surface area is 84.0 Å². The molecule has 0 saturated heterocycles. The summed E-state index contributed by atoms with van der Waals surface area (Å²) in [5.41, 5.74) is 6.10. The molecule has 0 bridgehead atoms. The predicted octanol–water partition coefficient (Wildman–Crippen LogP) is 0.0399. The van der Waals surface area contributed by atoms with Gasteiger partial charge in [-0.25, -0.2) is 5.84 Å². The molecule has 0 fully saturated rings. The first-order valence-electron chi connectivity index (χ1n) is 3.58.